The van der Waals surface area contributed by atoms with Crippen molar-refractivity contribution in [2.45, 2.75) is 6.92 Å². The quantitative estimate of drug-likeness (QED) is 0.680. The molecule has 4 nitrogen and oxygen atoms in total. The third-order valence-corrected chi connectivity index (χ3v) is 2.75. The lowest BCUT2D eigenvalue weighted by molar-refractivity contribution is 0.326. The van der Waals surface area contributed by atoms with Crippen molar-refractivity contribution in [2.24, 2.45) is 7.05 Å². The average Bonchev–Trinajstić information content (AvgIpc) is 2.56. The summed E-state index contributed by atoms with van der Waals surface area (Å²) in [6, 6.07) is 1.95. The van der Waals surface area contributed by atoms with E-state index >= 15 is 0 Å². The third-order valence-electron chi connectivity index (χ3n) is 2.31. The molecule has 0 spiro atoms. The Morgan fingerprint density at radius 1 is 1.62 bits per heavy atom. The number of aromatic nitrogens is 2. The Hall–Kier alpha value is -1.36. The zero-order chi connectivity index (χ0) is 11.7. The van der Waals surface area contributed by atoms with Crippen LogP contribution in [0.5, 0.6) is 0 Å². The van der Waals surface area contributed by atoms with Crippen molar-refractivity contribution in [3.63, 3.8) is 0 Å². The first kappa shape index (κ1) is 11.1. The van der Waals surface area contributed by atoms with Crippen molar-refractivity contribution in [2.75, 3.05) is 6.61 Å². The average molecular weight is 282 g/mol. The van der Waals surface area contributed by atoms with Crippen LogP contribution in [0.25, 0.3) is 11.0 Å². The topological polar surface area (TPSA) is 50.9 Å². The molecule has 0 aliphatic carbocycles. The number of hydrogen-bond acceptors (Lipinski definition) is 3. The molecule has 84 valence electrons. The van der Waals surface area contributed by atoms with E-state index in [2.05, 4.69) is 20.9 Å². The highest BCUT2D eigenvalue weighted by Gasteiger charge is 2.12. The Balaban J connectivity index is 2.61. The molecule has 2 aromatic heterocycles. The molecule has 16 heavy (non-hydrogen) atoms. The van der Waals surface area contributed by atoms with Crippen LogP contribution in [0, 0.1) is 5.41 Å². The predicted molar refractivity (Wildman–Crippen MR) is 66.9 cm³/mol. The minimum Gasteiger partial charge on any atom is -0.478 e. The summed E-state index contributed by atoms with van der Waals surface area (Å²) in [5.41, 5.74) is 1.62. The number of aryl methyl sites for hydroxylation is 1. The van der Waals surface area contributed by atoms with Gasteiger partial charge in [0.25, 0.3) is 0 Å². The molecule has 0 amide bonds. The third kappa shape index (κ3) is 1.82. The molecular formula is C11H12BrN3O. The molecular weight excluding hydrogens is 270 g/mol. The number of pyridine rings is 1. The van der Waals surface area contributed by atoms with Gasteiger partial charge in [-0.25, -0.2) is 4.98 Å². The Morgan fingerprint density at radius 2 is 2.38 bits per heavy atom. The van der Waals surface area contributed by atoms with E-state index in [1.807, 2.05) is 30.8 Å². The zero-order valence-corrected chi connectivity index (χ0v) is 10.7. The van der Waals surface area contributed by atoms with E-state index < -0.39 is 0 Å². The van der Waals surface area contributed by atoms with Crippen LogP contribution in [0.4, 0.5) is 0 Å². The standard InChI is InChI=1S/C11H12BrN3O/c1-3-16-10(13)9-6-15(2)11-8(9)4-7(12)5-14-11/h4-6,13H,3H2,1-2H3. The van der Waals surface area contributed by atoms with Crippen LogP contribution >= 0.6 is 15.9 Å². The summed E-state index contributed by atoms with van der Waals surface area (Å²) in [7, 11) is 1.91. The van der Waals surface area contributed by atoms with Crippen molar-refractivity contribution >= 4 is 32.9 Å². The highest BCUT2D eigenvalue weighted by molar-refractivity contribution is 9.10. The van der Waals surface area contributed by atoms with E-state index in [0.717, 1.165) is 21.1 Å². The van der Waals surface area contributed by atoms with Crippen molar-refractivity contribution in [3.8, 4) is 0 Å². The number of nitrogens with zero attached hydrogens (tertiary/aromatic N) is 2. The zero-order valence-electron chi connectivity index (χ0n) is 9.12. The smallest absolute Gasteiger partial charge is 0.215 e. The molecule has 2 heterocycles. The van der Waals surface area contributed by atoms with Gasteiger partial charge in [-0.2, -0.15) is 0 Å². The first-order valence-corrected chi connectivity index (χ1v) is 5.75. The SMILES string of the molecule is CCOC(=N)c1cn(C)c2ncc(Br)cc12. The summed E-state index contributed by atoms with van der Waals surface area (Å²) in [4.78, 5) is 4.31. The summed E-state index contributed by atoms with van der Waals surface area (Å²) in [6.07, 6.45) is 3.61. The lowest BCUT2D eigenvalue weighted by atomic mass is 10.2. The minimum absolute atomic E-state index is 0.188. The molecule has 0 atom stereocenters. The number of ether oxygens (including phenoxy) is 1. The van der Waals surface area contributed by atoms with Crippen LogP contribution in [-0.4, -0.2) is 22.1 Å². The highest BCUT2D eigenvalue weighted by Crippen LogP contribution is 2.22. The fourth-order valence-electron chi connectivity index (χ4n) is 1.64. The van der Waals surface area contributed by atoms with Gasteiger partial charge >= 0.3 is 0 Å². The van der Waals surface area contributed by atoms with Crippen LogP contribution in [0.2, 0.25) is 0 Å². The van der Waals surface area contributed by atoms with E-state index in [9.17, 15) is 0 Å². The first-order valence-electron chi connectivity index (χ1n) is 4.95. The molecule has 0 saturated heterocycles. The summed E-state index contributed by atoms with van der Waals surface area (Å²) in [6.45, 7) is 2.37. The number of hydrogen-bond donors (Lipinski definition) is 1. The van der Waals surface area contributed by atoms with Crippen LogP contribution in [0.1, 0.15) is 12.5 Å². The molecule has 0 bridgehead atoms. The maximum Gasteiger partial charge on any atom is 0.215 e. The lowest BCUT2D eigenvalue weighted by Crippen LogP contribution is -2.03. The van der Waals surface area contributed by atoms with E-state index in [0.29, 0.717) is 6.61 Å². The second-order valence-electron chi connectivity index (χ2n) is 3.44. The Bertz CT molecular complexity index is 547. The highest BCUT2D eigenvalue weighted by atomic mass is 79.9. The maximum atomic E-state index is 7.82. The summed E-state index contributed by atoms with van der Waals surface area (Å²) in [5.74, 6) is 0.188. The number of halogens is 1. The second-order valence-corrected chi connectivity index (χ2v) is 4.36. The van der Waals surface area contributed by atoms with Gasteiger partial charge in [0, 0.05) is 29.3 Å². The van der Waals surface area contributed by atoms with Gasteiger partial charge in [0.2, 0.25) is 5.90 Å². The van der Waals surface area contributed by atoms with E-state index in [4.69, 9.17) is 10.1 Å². The molecule has 1 N–H and O–H groups in total. The molecule has 5 heteroatoms. The first-order chi connectivity index (χ1) is 7.63. The fraction of sp³-hybridized carbons (Fsp3) is 0.273. The lowest BCUT2D eigenvalue weighted by Gasteiger charge is -2.02. The molecule has 0 unspecified atom stereocenters. The van der Waals surface area contributed by atoms with Gasteiger partial charge < -0.3 is 9.30 Å². The van der Waals surface area contributed by atoms with Crippen LogP contribution in [0.3, 0.4) is 0 Å². The Morgan fingerprint density at radius 3 is 3.06 bits per heavy atom. The molecule has 0 aliphatic rings. The molecule has 2 aromatic rings. The summed E-state index contributed by atoms with van der Waals surface area (Å²) in [5, 5.41) is 8.74. The molecule has 0 radical (unpaired) electrons. The fourth-order valence-corrected chi connectivity index (χ4v) is 1.97. The van der Waals surface area contributed by atoms with E-state index in [1.54, 1.807) is 6.20 Å². The molecule has 0 saturated carbocycles. The van der Waals surface area contributed by atoms with Gasteiger partial charge in [-0.15, -0.1) is 0 Å². The molecule has 0 fully saturated rings. The van der Waals surface area contributed by atoms with Gasteiger partial charge in [-0.1, -0.05) is 0 Å². The van der Waals surface area contributed by atoms with Crippen molar-refractivity contribution < 1.29 is 4.74 Å². The van der Waals surface area contributed by atoms with Gasteiger partial charge in [0.05, 0.1) is 12.2 Å². The number of nitrogens with one attached hydrogen (secondary N) is 1. The van der Waals surface area contributed by atoms with E-state index in [-0.39, 0.29) is 5.90 Å². The summed E-state index contributed by atoms with van der Waals surface area (Å²) >= 11 is 3.38. The maximum absolute atomic E-state index is 7.82. The van der Waals surface area contributed by atoms with Crippen LogP contribution < -0.4 is 0 Å². The second kappa shape index (κ2) is 4.25. The van der Waals surface area contributed by atoms with Gasteiger partial charge in [0.1, 0.15) is 5.65 Å². The molecule has 2 rings (SSSR count). The Kier molecular flexibility index (Phi) is 2.96. The normalized spacial score (nSPS) is 10.7. The number of fused-ring (bicyclic) bond motifs is 1. The minimum atomic E-state index is 0.188. The van der Waals surface area contributed by atoms with Gasteiger partial charge in [-0.3, -0.25) is 5.41 Å². The van der Waals surface area contributed by atoms with Crippen molar-refractivity contribution in [1.82, 2.24) is 9.55 Å². The largest absolute Gasteiger partial charge is 0.478 e. The molecule has 0 aliphatic heterocycles. The van der Waals surface area contributed by atoms with Gasteiger partial charge in [-0.05, 0) is 28.9 Å². The van der Waals surface area contributed by atoms with E-state index in [1.165, 1.54) is 0 Å². The monoisotopic (exact) mass is 281 g/mol. The predicted octanol–water partition coefficient (Wildman–Crippen LogP) is 2.70. The molecule has 0 aromatic carbocycles. The van der Waals surface area contributed by atoms with Crippen LogP contribution in [-0.2, 0) is 11.8 Å². The Labute approximate surface area is 102 Å². The van der Waals surface area contributed by atoms with Crippen molar-refractivity contribution in [3.05, 3.63) is 28.5 Å². The summed E-state index contributed by atoms with van der Waals surface area (Å²) < 4.78 is 8.01. The van der Waals surface area contributed by atoms with Crippen LogP contribution in [0.15, 0.2) is 22.9 Å². The van der Waals surface area contributed by atoms with Gasteiger partial charge in [0.15, 0.2) is 0 Å². The number of rotatable bonds is 2. The van der Waals surface area contributed by atoms with Crippen molar-refractivity contribution in [1.29, 1.82) is 5.41 Å².